The van der Waals surface area contributed by atoms with Crippen LogP contribution in [-0.2, 0) is 80.4 Å². The van der Waals surface area contributed by atoms with Gasteiger partial charge in [-0.25, -0.2) is 19.9 Å². The summed E-state index contributed by atoms with van der Waals surface area (Å²) in [5.74, 6) is 3.58. The maximum atomic E-state index is 6.22. The minimum absolute atomic E-state index is 0. The molecule has 586 valence electrons. The van der Waals surface area contributed by atoms with Crippen LogP contribution < -0.4 is 39.2 Å². The van der Waals surface area contributed by atoms with E-state index in [0.29, 0.717) is 0 Å². The van der Waals surface area contributed by atoms with E-state index in [9.17, 15) is 0 Å². The van der Waals surface area contributed by atoms with Crippen molar-refractivity contribution in [2.24, 2.45) is 0 Å². The van der Waals surface area contributed by atoms with Crippen LogP contribution in [0.15, 0.2) is 348 Å². The molecular weight excluding hydrogens is 2160 g/mol. The van der Waals surface area contributed by atoms with Crippen LogP contribution in [0.25, 0.3) is 66.1 Å². The molecule has 117 heavy (non-hydrogen) atoms. The Bertz CT molecular complexity index is 6320. The van der Waals surface area contributed by atoms with E-state index < -0.39 is 0 Å². The smallest absolute Gasteiger partial charge is 0.133 e. The first-order chi connectivity index (χ1) is 55.3. The Morgan fingerprint density at radius 1 is 0.325 bits per heavy atom. The third-order valence-corrected chi connectivity index (χ3v) is 20.2. The van der Waals surface area contributed by atoms with Crippen LogP contribution in [0.3, 0.4) is 0 Å². The Morgan fingerprint density at radius 2 is 0.829 bits per heavy atom. The van der Waals surface area contributed by atoms with Crippen molar-refractivity contribution >= 4 is 135 Å². The van der Waals surface area contributed by atoms with Gasteiger partial charge in [0.05, 0.1) is 35.3 Å². The normalized spacial score (nSPS) is 12.6. The van der Waals surface area contributed by atoms with Gasteiger partial charge in [0.15, 0.2) is 0 Å². The van der Waals surface area contributed by atoms with Gasteiger partial charge in [0.2, 0.25) is 0 Å². The van der Waals surface area contributed by atoms with Crippen LogP contribution in [0.1, 0.15) is 24.1 Å². The summed E-state index contributed by atoms with van der Waals surface area (Å²) < 4.78 is 17.1. The summed E-state index contributed by atoms with van der Waals surface area (Å²) in [7, 11) is 0. The van der Waals surface area contributed by atoms with E-state index in [1.807, 2.05) is 178 Å². The zero-order valence-corrected chi connectivity index (χ0v) is 72.1. The Kier molecular flexibility index (Phi) is 25.0. The Balaban J connectivity index is 0.000000127. The van der Waals surface area contributed by atoms with Gasteiger partial charge in [0.1, 0.15) is 34.4 Å². The van der Waals surface area contributed by atoms with E-state index in [1.165, 1.54) is 27.8 Å². The number of benzene rings is 11. The van der Waals surface area contributed by atoms with Crippen molar-refractivity contribution < 1.29 is 93.7 Å². The predicted molar refractivity (Wildman–Crippen MR) is 457 cm³/mol. The van der Waals surface area contributed by atoms with E-state index in [-0.39, 0.29) is 87.8 Å². The van der Waals surface area contributed by atoms with Gasteiger partial charge in [0.25, 0.3) is 0 Å². The second-order valence-electron chi connectivity index (χ2n) is 27.2. The van der Waals surface area contributed by atoms with Gasteiger partial charge in [-0.1, -0.05) is 139 Å². The molecule has 19 heteroatoms. The number of rotatable bonds is 10. The Morgan fingerprint density at radius 3 is 1.44 bits per heavy atom. The van der Waals surface area contributed by atoms with Crippen LogP contribution >= 0.6 is 0 Å². The molecule has 7 aromatic heterocycles. The van der Waals surface area contributed by atoms with Crippen molar-refractivity contribution in [3.63, 3.8) is 0 Å². The van der Waals surface area contributed by atoms with E-state index >= 15 is 0 Å². The summed E-state index contributed by atoms with van der Waals surface area (Å²) in [4.78, 5) is 35.9. The van der Waals surface area contributed by atoms with Gasteiger partial charge in [-0.2, -0.15) is 84.9 Å². The van der Waals surface area contributed by atoms with E-state index in [4.69, 9.17) is 23.2 Å². The molecule has 11 heterocycles. The SMILES string of the molecule is C.Cc1cccc(C)c1-c1cnc2c(c1)N(c1ccccc1)[CH-]N2c1[c-]cccc1.Cc1ccccc1-c1cnc2c(c1)N(c1ccccc1)[CH-]N2c1[c-]cccc1.[Ir].[Ir].[Ir].[Ir].[c-]1cc2occc2cc1N1[CH-]N(c2ccc3occc3c2)c2ncccc21.[c-]1ccc2c(oc3ccccc32)c1N1[CH-]N(c2ccccc2)c2ncccc21. The molecule has 4 aliphatic rings. The maximum absolute atomic E-state index is 6.22. The van der Waals surface area contributed by atoms with Gasteiger partial charge >= 0.3 is 0 Å². The van der Waals surface area contributed by atoms with Crippen LogP contribution in [0.5, 0.6) is 0 Å². The quantitative estimate of drug-likeness (QED) is 0.121. The molecule has 4 aliphatic heterocycles. The maximum Gasteiger partial charge on any atom is 0.133 e. The summed E-state index contributed by atoms with van der Waals surface area (Å²) in [5, 5.41) is 4.30. The standard InChI is InChI=1S/C26H21N3.C25H19N3.C24H15N3O.C22H13N3O2.CH4.4Ir/c1-19-10-9-11-20(2)25(19)21-16-24-26(27-17-21)29(23-14-7-4-8-15-23)18-28(24)22-12-5-3-6-13-22;1-19-10-8-9-15-23(19)20-16-24-25(26-17-20)28(22-13-6-3-7-14-22)18-27(24)21-11-4-2-5-12-21;1-2-8-17(9-3-1)26-16-27(21-13-7-15-25-24(21)26)20-12-6-11-19-18-10-4-5-14-22(18)28-23(19)20;1-2-19-22(23-9-1)25(18-4-6-21-16(13-18)8-11-27-21)14-24(19)17-3-5-20-15(12-17)7-10-26-20;;;;;/h3-14,16-18H,1-2H3;2-13,15-18H,1H3;1-11,13-16H;1-2,4-14H;1H4;;;;/q4*-2;;;;;. The van der Waals surface area contributed by atoms with Crippen LogP contribution in [0.4, 0.5) is 91.5 Å². The third-order valence-electron chi connectivity index (χ3n) is 20.2. The molecule has 15 nitrogen and oxygen atoms in total. The fourth-order valence-corrected chi connectivity index (χ4v) is 14.9. The molecular formula is C98H72Ir4N12O3-8. The molecule has 0 amide bonds. The number of hydrogen-bond acceptors (Lipinski definition) is 15. The summed E-state index contributed by atoms with van der Waals surface area (Å²) >= 11 is 0. The molecule has 11 aromatic carbocycles. The van der Waals surface area contributed by atoms with Crippen molar-refractivity contribution in [2.45, 2.75) is 28.2 Å². The largest absolute Gasteiger partial charge is 0.523 e. The number of aryl methyl sites for hydroxylation is 3. The van der Waals surface area contributed by atoms with E-state index in [0.717, 1.165) is 147 Å². The molecule has 0 saturated carbocycles. The fourth-order valence-electron chi connectivity index (χ4n) is 14.9. The van der Waals surface area contributed by atoms with Crippen molar-refractivity contribution in [2.75, 3.05) is 39.2 Å². The second-order valence-corrected chi connectivity index (χ2v) is 27.2. The number of nitrogens with zero attached hydrogens (tertiary/aromatic N) is 12. The van der Waals surface area contributed by atoms with Gasteiger partial charge < -0.3 is 52.5 Å². The number of fused-ring (bicyclic) bond motifs is 9. The minimum atomic E-state index is 0. The minimum Gasteiger partial charge on any atom is -0.523 e. The molecule has 22 rings (SSSR count). The summed E-state index contributed by atoms with van der Waals surface area (Å²) in [5.41, 5.74) is 24.0. The number of para-hydroxylation sites is 6. The van der Waals surface area contributed by atoms with Crippen molar-refractivity contribution in [1.29, 1.82) is 0 Å². The first-order valence-electron chi connectivity index (χ1n) is 36.8. The van der Waals surface area contributed by atoms with E-state index in [1.54, 1.807) is 12.5 Å². The van der Waals surface area contributed by atoms with Crippen LogP contribution in [0.2, 0.25) is 0 Å². The Hall–Kier alpha value is -12.1. The zero-order valence-electron chi connectivity index (χ0n) is 62.5. The molecule has 18 aromatic rings. The molecule has 4 radical (unpaired) electrons. The molecule has 0 spiro atoms. The van der Waals surface area contributed by atoms with Crippen molar-refractivity contribution in [3.05, 3.63) is 402 Å². The topological polar surface area (TPSA) is 117 Å². The van der Waals surface area contributed by atoms with Gasteiger partial charge in [-0.15, -0.1) is 55.9 Å². The average Bonchev–Trinajstić information content (AvgIpc) is 1.61. The summed E-state index contributed by atoms with van der Waals surface area (Å²) in [6.07, 6.45) is 11.0. The van der Waals surface area contributed by atoms with Crippen molar-refractivity contribution in [1.82, 2.24) is 19.9 Å². The van der Waals surface area contributed by atoms with Crippen LogP contribution in [-0.4, -0.2) is 19.9 Å². The van der Waals surface area contributed by atoms with E-state index in [2.05, 4.69) is 265 Å². The first kappa shape index (κ1) is 81.5. The second kappa shape index (κ2) is 36.0. The molecule has 0 unspecified atom stereocenters. The zero-order chi connectivity index (χ0) is 75.0. The fraction of sp³-hybridized carbons (Fsp3) is 0.0408. The Labute approximate surface area is 734 Å². The van der Waals surface area contributed by atoms with Crippen LogP contribution in [0, 0.1) is 71.7 Å². The average molecular weight is 2230 g/mol. The number of anilines is 16. The molecule has 0 aliphatic carbocycles. The molecule has 0 N–H and O–H groups in total. The molecule has 0 atom stereocenters. The first-order valence-corrected chi connectivity index (χ1v) is 36.8. The monoisotopic (exact) mass is 2240 g/mol. The molecule has 0 bridgehead atoms. The van der Waals surface area contributed by atoms with Crippen molar-refractivity contribution in [3.8, 4) is 22.3 Å². The number of aromatic nitrogens is 4. The summed E-state index contributed by atoms with van der Waals surface area (Å²) in [6, 6.07) is 114. The number of furan rings is 3. The summed E-state index contributed by atoms with van der Waals surface area (Å²) in [6.45, 7) is 14.7. The number of pyridine rings is 4. The molecule has 0 fully saturated rings. The third kappa shape index (κ3) is 16.0. The van der Waals surface area contributed by atoms with Gasteiger partial charge in [0, 0.05) is 161 Å². The number of hydrogen-bond donors (Lipinski definition) is 0. The van der Waals surface area contributed by atoms with Gasteiger partial charge in [-0.3, -0.25) is 0 Å². The van der Waals surface area contributed by atoms with Gasteiger partial charge in [-0.05, 0) is 158 Å². The predicted octanol–water partition coefficient (Wildman–Crippen LogP) is 25.4. The molecule has 0 saturated heterocycles.